The van der Waals surface area contributed by atoms with E-state index >= 15 is 0 Å². The molecule has 0 saturated carbocycles. The van der Waals surface area contributed by atoms with E-state index in [0.29, 0.717) is 17.6 Å². The SMILES string of the molecule is CSC(=Nc1ccc(C2CCCN(C(=O)OC(C)(C)C)C2)cc1)NC#N. The van der Waals surface area contributed by atoms with E-state index in [1.54, 1.807) is 4.90 Å². The average Bonchev–Trinajstić information content (AvgIpc) is 2.60. The second-order valence-electron chi connectivity index (χ2n) is 7.21. The number of amides is 1. The Hall–Kier alpha value is -2.20. The van der Waals surface area contributed by atoms with Gasteiger partial charge in [-0.3, -0.25) is 5.32 Å². The van der Waals surface area contributed by atoms with Gasteiger partial charge in [-0.1, -0.05) is 23.9 Å². The predicted octanol–water partition coefficient (Wildman–Crippen LogP) is 4.22. The topological polar surface area (TPSA) is 77.7 Å². The van der Waals surface area contributed by atoms with Crippen LogP contribution in [0, 0.1) is 11.5 Å². The van der Waals surface area contributed by atoms with Gasteiger partial charge in [-0.25, -0.2) is 9.79 Å². The zero-order chi connectivity index (χ0) is 19.2. The number of nitrogens with zero attached hydrogens (tertiary/aromatic N) is 3. The number of hydrogen-bond donors (Lipinski definition) is 1. The van der Waals surface area contributed by atoms with Crippen LogP contribution in [0.1, 0.15) is 45.1 Å². The average molecular weight is 375 g/mol. The van der Waals surface area contributed by atoms with Gasteiger partial charge in [-0.15, -0.1) is 0 Å². The van der Waals surface area contributed by atoms with Crippen molar-refractivity contribution in [1.29, 1.82) is 5.26 Å². The number of nitrogens with one attached hydrogen (secondary N) is 1. The standard InChI is InChI=1S/C19H26N4O2S/c1-19(2,3)25-18(24)23-11-5-6-15(12-23)14-7-9-16(10-8-14)22-17(26-4)21-13-20/h7-10,15H,5-6,11-12H2,1-4H3,(H,21,22). The predicted molar refractivity (Wildman–Crippen MR) is 106 cm³/mol. The molecule has 1 aliphatic rings. The summed E-state index contributed by atoms with van der Waals surface area (Å²) in [4.78, 5) is 18.5. The second-order valence-corrected chi connectivity index (χ2v) is 8.01. The Balaban J connectivity index is 2.04. The van der Waals surface area contributed by atoms with E-state index in [-0.39, 0.29) is 6.09 Å². The minimum atomic E-state index is -0.476. The number of carbonyl (C=O) groups is 1. The van der Waals surface area contributed by atoms with Gasteiger partial charge in [0.25, 0.3) is 0 Å². The smallest absolute Gasteiger partial charge is 0.410 e. The van der Waals surface area contributed by atoms with Crippen LogP contribution in [0.2, 0.25) is 0 Å². The number of likely N-dealkylation sites (tertiary alicyclic amines) is 1. The summed E-state index contributed by atoms with van der Waals surface area (Å²) in [5.74, 6) is 0.298. The lowest BCUT2D eigenvalue weighted by molar-refractivity contribution is 0.0198. The Morgan fingerprint density at radius 3 is 2.65 bits per heavy atom. The fourth-order valence-corrected chi connectivity index (χ4v) is 3.20. The fourth-order valence-electron chi connectivity index (χ4n) is 2.85. The second kappa shape index (κ2) is 8.95. The Bertz CT molecular complexity index is 689. The summed E-state index contributed by atoms with van der Waals surface area (Å²) in [5, 5.41) is 11.8. The maximum atomic E-state index is 12.3. The minimum absolute atomic E-state index is 0.240. The first-order valence-corrected chi connectivity index (χ1v) is 9.90. The molecule has 1 saturated heterocycles. The molecular weight excluding hydrogens is 348 g/mol. The van der Waals surface area contributed by atoms with Crippen LogP contribution in [0.5, 0.6) is 0 Å². The van der Waals surface area contributed by atoms with E-state index in [2.05, 4.69) is 10.3 Å². The molecule has 1 atom stereocenters. The summed E-state index contributed by atoms with van der Waals surface area (Å²) in [7, 11) is 0. The molecular formula is C19H26N4O2S. The Morgan fingerprint density at radius 1 is 1.38 bits per heavy atom. The summed E-state index contributed by atoms with van der Waals surface area (Å²) in [6.07, 6.45) is 5.52. The Morgan fingerprint density at radius 2 is 2.08 bits per heavy atom. The first-order chi connectivity index (χ1) is 12.3. The highest BCUT2D eigenvalue weighted by molar-refractivity contribution is 8.13. The van der Waals surface area contributed by atoms with Gasteiger partial charge in [-0.05, 0) is 57.6 Å². The molecule has 140 valence electrons. The van der Waals surface area contributed by atoms with E-state index in [4.69, 9.17) is 10.00 Å². The molecule has 1 aliphatic heterocycles. The number of aliphatic imine (C=N–C) groups is 1. The summed E-state index contributed by atoms with van der Waals surface area (Å²) < 4.78 is 5.49. The number of thioether (sulfide) groups is 1. The normalized spacial score (nSPS) is 18.2. The molecule has 7 heteroatoms. The molecule has 0 aromatic heterocycles. The van der Waals surface area contributed by atoms with Crippen molar-refractivity contribution in [2.24, 2.45) is 4.99 Å². The lowest BCUT2D eigenvalue weighted by atomic mass is 9.91. The maximum Gasteiger partial charge on any atom is 0.410 e. The molecule has 1 fully saturated rings. The van der Waals surface area contributed by atoms with Crippen LogP contribution in [-0.4, -0.2) is 41.1 Å². The number of nitriles is 1. The molecule has 1 heterocycles. The molecule has 1 aromatic carbocycles. The van der Waals surface area contributed by atoms with Gasteiger partial charge in [0.1, 0.15) is 5.60 Å². The molecule has 2 rings (SSSR count). The van der Waals surface area contributed by atoms with Gasteiger partial charge >= 0.3 is 6.09 Å². The van der Waals surface area contributed by atoms with Crippen LogP contribution in [-0.2, 0) is 4.74 Å². The third-order valence-electron chi connectivity index (χ3n) is 4.02. The third-order valence-corrected chi connectivity index (χ3v) is 4.60. The zero-order valence-electron chi connectivity index (χ0n) is 15.8. The Kier molecular flexibility index (Phi) is 6.92. The van der Waals surface area contributed by atoms with Crippen molar-refractivity contribution in [1.82, 2.24) is 10.2 Å². The number of amidine groups is 1. The summed E-state index contributed by atoms with van der Waals surface area (Å²) in [5.41, 5.74) is 1.51. The molecule has 1 amide bonds. The zero-order valence-corrected chi connectivity index (χ0v) is 16.6. The number of rotatable bonds is 2. The maximum absolute atomic E-state index is 12.3. The van der Waals surface area contributed by atoms with Crippen LogP contribution in [0.3, 0.4) is 0 Å². The van der Waals surface area contributed by atoms with Crippen LogP contribution >= 0.6 is 11.8 Å². The van der Waals surface area contributed by atoms with Crippen LogP contribution in [0.4, 0.5) is 10.5 Å². The lowest BCUT2D eigenvalue weighted by Crippen LogP contribution is -2.42. The van der Waals surface area contributed by atoms with E-state index in [1.165, 1.54) is 17.3 Å². The number of ether oxygens (including phenoxy) is 1. The van der Waals surface area contributed by atoms with Gasteiger partial charge in [0.05, 0.1) is 5.69 Å². The van der Waals surface area contributed by atoms with E-state index in [9.17, 15) is 4.79 Å². The molecule has 26 heavy (non-hydrogen) atoms. The van der Waals surface area contributed by atoms with Gasteiger partial charge in [0, 0.05) is 19.0 Å². The molecule has 1 aromatic rings. The molecule has 0 spiro atoms. The highest BCUT2D eigenvalue weighted by Gasteiger charge is 2.28. The van der Waals surface area contributed by atoms with Crippen molar-refractivity contribution in [3.8, 4) is 6.19 Å². The van der Waals surface area contributed by atoms with E-state index in [1.807, 2.05) is 57.5 Å². The molecule has 0 aliphatic carbocycles. The monoisotopic (exact) mass is 374 g/mol. The van der Waals surface area contributed by atoms with Gasteiger partial charge in [0.15, 0.2) is 11.4 Å². The van der Waals surface area contributed by atoms with Gasteiger partial charge in [-0.2, -0.15) is 5.26 Å². The quantitative estimate of drug-likeness (QED) is 0.363. The lowest BCUT2D eigenvalue weighted by Gasteiger charge is -2.34. The molecule has 1 unspecified atom stereocenters. The first kappa shape index (κ1) is 20.1. The molecule has 0 bridgehead atoms. The van der Waals surface area contributed by atoms with Gasteiger partial charge < -0.3 is 9.64 Å². The largest absolute Gasteiger partial charge is 0.444 e. The third kappa shape index (κ3) is 5.95. The summed E-state index contributed by atoms with van der Waals surface area (Å²) in [6, 6.07) is 7.98. The highest BCUT2D eigenvalue weighted by atomic mass is 32.2. The minimum Gasteiger partial charge on any atom is -0.444 e. The summed E-state index contributed by atoms with van der Waals surface area (Å²) in [6.45, 7) is 7.06. The number of hydrogen-bond acceptors (Lipinski definition) is 5. The molecule has 0 radical (unpaired) electrons. The van der Waals surface area contributed by atoms with E-state index < -0.39 is 5.60 Å². The highest BCUT2D eigenvalue weighted by Crippen LogP contribution is 2.29. The van der Waals surface area contributed by atoms with Crippen molar-refractivity contribution < 1.29 is 9.53 Å². The summed E-state index contributed by atoms with van der Waals surface area (Å²) >= 11 is 1.39. The van der Waals surface area contributed by atoms with Crippen LogP contribution in [0.15, 0.2) is 29.3 Å². The fraction of sp³-hybridized carbons (Fsp3) is 0.526. The van der Waals surface area contributed by atoms with Crippen molar-refractivity contribution in [2.75, 3.05) is 19.3 Å². The van der Waals surface area contributed by atoms with E-state index in [0.717, 1.165) is 25.1 Å². The van der Waals surface area contributed by atoms with Crippen LogP contribution < -0.4 is 5.32 Å². The van der Waals surface area contributed by atoms with Gasteiger partial charge in [0.2, 0.25) is 0 Å². The number of benzene rings is 1. The number of piperidine rings is 1. The van der Waals surface area contributed by atoms with Crippen molar-refractivity contribution in [3.63, 3.8) is 0 Å². The molecule has 6 nitrogen and oxygen atoms in total. The van der Waals surface area contributed by atoms with Crippen molar-refractivity contribution >= 4 is 28.7 Å². The Labute approximate surface area is 159 Å². The first-order valence-electron chi connectivity index (χ1n) is 8.68. The molecule has 1 N–H and O–H groups in total. The van der Waals surface area contributed by atoms with Crippen LogP contribution in [0.25, 0.3) is 0 Å². The number of carbonyl (C=O) groups excluding carboxylic acids is 1. The van der Waals surface area contributed by atoms with Crippen molar-refractivity contribution in [2.45, 2.75) is 45.1 Å². The van der Waals surface area contributed by atoms with Crippen molar-refractivity contribution in [3.05, 3.63) is 29.8 Å².